The molecule has 3 atom stereocenters. The Hall–Kier alpha value is -7.42. The standard InChI is InChI=1S/C57H60N8O4S2/c1-41(2)54-61-50(38-70-54)35-64(3)55(67)63-52(33-49-36-65(39-59-49)57(44-23-13-6-14-24-44,45-25-15-7-16-26-45)46-27-17-8-18-28-46)53(66)60-47(31-42-19-9-4-10-20-42)29-30-48(32-43-21-11-5-12-22-43)62-56(68)69-37-51-34-58-40-71-51/h4-28,34,36,38-41,47-48,52H,29-33,35,37H2,1-3H3,(H,60,66)(H,62,68)(H,63,67)/t47-,48-,52-/m0/s1. The van der Waals surface area contributed by atoms with Crippen molar-refractivity contribution < 1.29 is 19.1 Å². The van der Waals surface area contributed by atoms with Crippen LogP contribution in [0, 0.1) is 0 Å². The molecule has 71 heavy (non-hydrogen) atoms. The molecule has 0 unspecified atom stereocenters. The van der Waals surface area contributed by atoms with E-state index in [2.05, 4.69) is 75.7 Å². The smallest absolute Gasteiger partial charge is 0.407 e. The van der Waals surface area contributed by atoms with Gasteiger partial charge in [0.1, 0.15) is 18.2 Å². The first-order valence-corrected chi connectivity index (χ1v) is 25.7. The van der Waals surface area contributed by atoms with Gasteiger partial charge in [-0.15, -0.1) is 22.7 Å². The van der Waals surface area contributed by atoms with E-state index in [4.69, 9.17) is 14.7 Å². The third-order valence-corrected chi connectivity index (χ3v) is 14.4. The van der Waals surface area contributed by atoms with Gasteiger partial charge in [0.15, 0.2) is 0 Å². The van der Waals surface area contributed by atoms with E-state index in [0.717, 1.165) is 43.4 Å². The maximum absolute atomic E-state index is 15.0. The number of imidazole rings is 1. The predicted octanol–water partition coefficient (Wildman–Crippen LogP) is 10.6. The Labute approximate surface area is 424 Å². The van der Waals surface area contributed by atoms with Gasteiger partial charge in [-0.05, 0) is 53.5 Å². The van der Waals surface area contributed by atoms with Crippen molar-refractivity contribution >= 4 is 40.7 Å². The minimum atomic E-state index is -1.02. The largest absolute Gasteiger partial charge is 0.444 e. The Bertz CT molecular complexity index is 2780. The summed E-state index contributed by atoms with van der Waals surface area (Å²) in [6.45, 7) is 4.58. The number of nitrogens with zero attached hydrogens (tertiary/aromatic N) is 5. The molecule has 4 amide bonds. The molecule has 0 fully saturated rings. The number of hydrogen-bond donors (Lipinski definition) is 3. The van der Waals surface area contributed by atoms with E-state index < -0.39 is 23.7 Å². The first kappa shape index (κ1) is 50.0. The molecule has 5 aromatic carbocycles. The van der Waals surface area contributed by atoms with Crippen LogP contribution in [0.3, 0.4) is 0 Å². The fourth-order valence-corrected chi connectivity index (χ4v) is 10.2. The van der Waals surface area contributed by atoms with Crippen LogP contribution in [0.1, 0.15) is 81.7 Å². The van der Waals surface area contributed by atoms with Gasteiger partial charge in [-0.1, -0.05) is 166 Å². The van der Waals surface area contributed by atoms with Gasteiger partial charge in [0, 0.05) is 49.2 Å². The van der Waals surface area contributed by atoms with Crippen molar-refractivity contribution in [2.75, 3.05) is 7.05 Å². The Kier molecular flexibility index (Phi) is 17.2. The van der Waals surface area contributed by atoms with Crippen LogP contribution < -0.4 is 16.0 Å². The molecule has 0 bridgehead atoms. The highest BCUT2D eigenvalue weighted by Crippen LogP contribution is 2.41. The van der Waals surface area contributed by atoms with Crippen molar-refractivity contribution in [2.24, 2.45) is 0 Å². The SMILES string of the molecule is CC(C)c1nc(CN(C)C(=O)N[C@@H](Cc2cn(C(c3ccccc3)(c3ccccc3)c3ccccc3)cn2)C(=O)N[C@@H](CC[C@@H](Cc2ccccc2)NC(=O)OCc2cncs2)Cc2ccccc2)cs1. The third kappa shape index (κ3) is 13.3. The minimum absolute atomic E-state index is 0.100. The number of ether oxygens (including phenoxy) is 1. The molecule has 14 heteroatoms. The molecule has 0 aliphatic rings. The summed E-state index contributed by atoms with van der Waals surface area (Å²) in [4.78, 5) is 58.8. The van der Waals surface area contributed by atoms with Gasteiger partial charge >= 0.3 is 12.1 Å². The molecule has 12 nitrogen and oxygen atoms in total. The normalized spacial score (nSPS) is 12.7. The van der Waals surface area contributed by atoms with Crippen LogP contribution in [0.2, 0.25) is 0 Å². The van der Waals surface area contributed by atoms with Crippen LogP contribution in [-0.4, -0.2) is 67.6 Å². The summed E-state index contributed by atoms with van der Waals surface area (Å²) in [5, 5.41) is 12.5. The number of alkyl carbamates (subject to hydrolysis) is 1. The van der Waals surface area contributed by atoms with E-state index >= 15 is 4.79 Å². The number of nitrogens with one attached hydrogen (secondary N) is 3. The number of aromatic nitrogens is 4. The molecule has 0 aliphatic heterocycles. The van der Waals surface area contributed by atoms with Crippen LogP contribution in [0.4, 0.5) is 9.59 Å². The molecule has 3 heterocycles. The molecule has 0 radical (unpaired) electrons. The van der Waals surface area contributed by atoms with Crippen molar-refractivity contribution in [3.05, 3.63) is 230 Å². The summed E-state index contributed by atoms with van der Waals surface area (Å²) < 4.78 is 7.72. The summed E-state index contributed by atoms with van der Waals surface area (Å²) >= 11 is 3.00. The molecule has 3 N–H and O–H groups in total. The van der Waals surface area contributed by atoms with E-state index in [1.54, 1.807) is 35.0 Å². The van der Waals surface area contributed by atoms with E-state index in [0.29, 0.717) is 31.4 Å². The number of urea groups is 1. The highest BCUT2D eigenvalue weighted by molar-refractivity contribution is 7.09. The molecule has 364 valence electrons. The second kappa shape index (κ2) is 24.4. The number of carbonyl (C=O) groups is 3. The van der Waals surface area contributed by atoms with Crippen molar-refractivity contribution in [2.45, 2.75) is 88.7 Å². The van der Waals surface area contributed by atoms with Crippen LogP contribution in [0.15, 0.2) is 181 Å². The monoisotopic (exact) mass is 984 g/mol. The number of hydrogen-bond acceptors (Lipinski definition) is 9. The summed E-state index contributed by atoms with van der Waals surface area (Å²) in [7, 11) is 1.71. The zero-order valence-corrected chi connectivity index (χ0v) is 41.9. The average molecular weight is 985 g/mol. The molecule has 0 aliphatic carbocycles. The molecule has 3 aromatic heterocycles. The molecule has 0 saturated heterocycles. The lowest BCUT2D eigenvalue weighted by Crippen LogP contribution is -2.53. The number of amides is 4. The first-order chi connectivity index (χ1) is 34.6. The van der Waals surface area contributed by atoms with Crippen molar-refractivity contribution in [1.29, 1.82) is 0 Å². The Balaban J connectivity index is 1.09. The van der Waals surface area contributed by atoms with Crippen molar-refractivity contribution in [3.63, 3.8) is 0 Å². The minimum Gasteiger partial charge on any atom is -0.444 e. The average Bonchev–Trinajstić information content (AvgIpc) is 4.21. The zero-order valence-electron chi connectivity index (χ0n) is 40.3. The topological polar surface area (TPSA) is 143 Å². The molecule has 8 aromatic rings. The van der Waals surface area contributed by atoms with Crippen LogP contribution in [0.25, 0.3) is 0 Å². The Morgan fingerprint density at radius 3 is 1.72 bits per heavy atom. The molecule has 8 rings (SSSR count). The second-order valence-corrected chi connectivity index (χ2v) is 19.9. The maximum Gasteiger partial charge on any atom is 0.407 e. The lowest BCUT2D eigenvalue weighted by molar-refractivity contribution is -0.123. The summed E-state index contributed by atoms with van der Waals surface area (Å²) in [6, 6.07) is 48.9. The van der Waals surface area contributed by atoms with Gasteiger partial charge in [-0.2, -0.15) is 0 Å². The van der Waals surface area contributed by atoms with Gasteiger partial charge < -0.3 is 30.2 Å². The zero-order chi connectivity index (χ0) is 49.4. The highest BCUT2D eigenvalue weighted by atomic mass is 32.1. The lowest BCUT2D eigenvalue weighted by Gasteiger charge is -2.37. The summed E-state index contributed by atoms with van der Waals surface area (Å²) in [6.07, 6.45) is 7.19. The van der Waals surface area contributed by atoms with Crippen LogP contribution >= 0.6 is 22.7 Å². The lowest BCUT2D eigenvalue weighted by atomic mass is 9.77. The molecular formula is C57H60N8O4S2. The number of thiazole rings is 2. The van der Waals surface area contributed by atoms with E-state index in [-0.39, 0.29) is 43.5 Å². The van der Waals surface area contributed by atoms with Crippen LogP contribution in [0.5, 0.6) is 0 Å². The molecular weight excluding hydrogens is 925 g/mol. The van der Waals surface area contributed by atoms with Gasteiger partial charge in [-0.3, -0.25) is 9.78 Å². The number of rotatable bonds is 22. The maximum atomic E-state index is 15.0. The first-order valence-electron chi connectivity index (χ1n) is 24.0. The van der Waals surface area contributed by atoms with Gasteiger partial charge in [0.25, 0.3) is 0 Å². The second-order valence-electron chi connectivity index (χ2n) is 18.0. The van der Waals surface area contributed by atoms with Crippen LogP contribution in [-0.2, 0) is 47.5 Å². The van der Waals surface area contributed by atoms with E-state index in [1.165, 1.54) is 11.3 Å². The molecule has 0 spiro atoms. The Morgan fingerprint density at radius 1 is 0.676 bits per heavy atom. The quantitative estimate of drug-likeness (QED) is 0.0574. The number of benzene rings is 5. The predicted molar refractivity (Wildman–Crippen MR) is 281 cm³/mol. The Morgan fingerprint density at radius 2 is 1.21 bits per heavy atom. The number of carbonyl (C=O) groups excluding carboxylic acids is 3. The third-order valence-electron chi connectivity index (χ3n) is 12.4. The van der Waals surface area contributed by atoms with Gasteiger partial charge in [0.2, 0.25) is 5.91 Å². The fraction of sp³-hybridized carbons (Fsp3) is 0.263. The van der Waals surface area contributed by atoms with Gasteiger partial charge in [0.05, 0.1) is 39.7 Å². The van der Waals surface area contributed by atoms with Crippen molar-refractivity contribution in [1.82, 2.24) is 40.4 Å². The van der Waals surface area contributed by atoms with Crippen molar-refractivity contribution in [3.8, 4) is 0 Å². The highest BCUT2D eigenvalue weighted by Gasteiger charge is 2.39. The van der Waals surface area contributed by atoms with E-state index in [1.807, 2.05) is 133 Å². The summed E-state index contributed by atoms with van der Waals surface area (Å²) in [5.74, 6) is -0.0867. The summed E-state index contributed by atoms with van der Waals surface area (Å²) in [5.41, 5.74) is 7.47. The fourth-order valence-electron chi connectivity index (χ4n) is 8.90. The van der Waals surface area contributed by atoms with Gasteiger partial charge in [-0.25, -0.2) is 19.6 Å². The van der Waals surface area contributed by atoms with E-state index in [9.17, 15) is 9.59 Å². The molecule has 0 saturated carbocycles.